The maximum Gasteiger partial charge on any atom is 0.211 e. The molecule has 11 heavy (non-hydrogen) atoms. The van der Waals surface area contributed by atoms with Crippen LogP contribution >= 0.6 is 24.8 Å². The van der Waals surface area contributed by atoms with Gasteiger partial charge in [0.15, 0.2) is 0 Å². The second kappa shape index (κ2) is 5.41. The molecule has 1 heterocycles. The van der Waals surface area contributed by atoms with Gasteiger partial charge < -0.3 is 11.1 Å². The fourth-order valence-corrected chi connectivity index (χ4v) is 0.625. The van der Waals surface area contributed by atoms with E-state index in [2.05, 4.69) is 5.32 Å². The lowest BCUT2D eigenvalue weighted by molar-refractivity contribution is 0.207. The van der Waals surface area contributed by atoms with Gasteiger partial charge >= 0.3 is 0 Å². The molecular weight excluding hydrogens is 190 g/mol. The Kier molecular flexibility index (Phi) is 6.56. The quantitative estimate of drug-likeness (QED) is 0.624. The van der Waals surface area contributed by atoms with Gasteiger partial charge in [0.25, 0.3) is 0 Å². The SMILES string of the molecule is Cl.Cl.NCC1(F)C=CC=CN1. The predicted molar refractivity (Wildman–Crippen MR) is 48.8 cm³/mol. The lowest BCUT2D eigenvalue weighted by Crippen LogP contribution is -2.43. The molecule has 0 aliphatic carbocycles. The minimum absolute atomic E-state index is 0. The monoisotopic (exact) mass is 200 g/mol. The first kappa shape index (κ1) is 13.3. The molecule has 66 valence electrons. The molecule has 0 spiro atoms. The summed E-state index contributed by atoms with van der Waals surface area (Å²) in [6.07, 6.45) is 6.27. The predicted octanol–water partition coefficient (Wildman–Crippen LogP) is 1.13. The number of hydrogen-bond acceptors (Lipinski definition) is 2. The van der Waals surface area contributed by atoms with E-state index in [4.69, 9.17) is 5.73 Å². The Balaban J connectivity index is 0. The number of nitrogens with one attached hydrogen (secondary N) is 1. The Labute approximate surface area is 77.5 Å². The molecule has 0 fully saturated rings. The van der Waals surface area contributed by atoms with Gasteiger partial charge in [-0.05, 0) is 18.4 Å². The van der Waals surface area contributed by atoms with Crippen molar-refractivity contribution >= 4 is 24.8 Å². The Morgan fingerprint density at radius 1 is 1.36 bits per heavy atom. The van der Waals surface area contributed by atoms with Crippen LogP contribution in [0.15, 0.2) is 24.4 Å². The number of halogens is 3. The summed E-state index contributed by atoms with van der Waals surface area (Å²) < 4.78 is 12.9. The third kappa shape index (κ3) is 3.60. The zero-order valence-corrected chi connectivity index (χ0v) is 7.42. The lowest BCUT2D eigenvalue weighted by atomic mass is 10.2. The number of nitrogens with two attached hydrogens (primary N) is 1. The maximum atomic E-state index is 12.9. The Hall–Kier alpha value is -0.250. The van der Waals surface area contributed by atoms with E-state index in [1.807, 2.05) is 0 Å². The molecule has 0 aromatic carbocycles. The van der Waals surface area contributed by atoms with Crippen LogP contribution < -0.4 is 11.1 Å². The molecule has 0 amide bonds. The van der Waals surface area contributed by atoms with Crippen LogP contribution in [0.4, 0.5) is 4.39 Å². The van der Waals surface area contributed by atoms with Crippen molar-refractivity contribution in [3.8, 4) is 0 Å². The Morgan fingerprint density at radius 3 is 2.27 bits per heavy atom. The number of hydrogen-bond donors (Lipinski definition) is 2. The zero-order chi connectivity index (χ0) is 6.74. The number of dihydropyridines is 1. The summed E-state index contributed by atoms with van der Waals surface area (Å²) in [5.41, 5.74) is 5.11. The summed E-state index contributed by atoms with van der Waals surface area (Å²) in [6, 6.07) is 0. The van der Waals surface area contributed by atoms with Crippen LogP contribution in [0.2, 0.25) is 0 Å². The van der Waals surface area contributed by atoms with Crippen molar-refractivity contribution in [2.24, 2.45) is 5.73 Å². The molecule has 1 atom stereocenters. The third-order valence-electron chi connectivity index (χ3n) is 1.19. The van der Waals surface area contributed by atoms with Crippen LogP contribution in [0.25, 0.3) is 0 Å². The van der Waals surface area contributed by atoms with Gasteiger partial charge in [0, 0.05) is 6.54 Å². The van der Waals surface area contributed by atoms with Crippen molar-refractivity contribution in [1.29, 1.82) is 0 Å². The molecule has 0 bridgehead atoms. The molecule has 0 saturated carbocycles. The molecule has 1 aliphatic heterocycles. The van der Waals surface area contributed by atoms with E-state index in [1.165, 1.54) is 12.3 Å². The minimum Gasteiger partial charge on any atom is -0.355 e. The van der Waals surface area contributed by atoms with Crippen LogP contribution in [0.1, 0.15) is 0 Å². The second-order valence-electron chi connectivity index (χ2n) is 1.93. The van der Waals surface area contributed by atoms with Crippen molar-refractivity contribution in [2.45, 2.75) is 5.79 Å². The van der Waals surface area contributed by atoms with E-state index in [0.717, 1.165) is 0 Å². The van der Waals surface area contributed by atoms with E-state index in [0.29, 0.717) is 0 Å². The smallest absolute Gasteiger partial charge is 0.211 e. The van der Waals surface area contributed by atoms with E-state index in [-0.39, 0.29) is 31.4 Å². The van der Waals surface area contributed by atoms with Gasteiger partial charge in [0.05, 0.1) is 0 Å². The van der Waals surface area contributed by atoms with E-state index in [9.17, 15) is 4.39 Å². The van der Waals surface area contributed by atoms with Gasteiger partial charge in [-0.1, -0.05) is 6.08 Å². The summed E-state index contributed by atoms with van der Waals surface area (Å²) in [4.78, 5) is 0. The molecule has 0 saturated heterocycles. The van der Waals surface area contributed by atoms with Crippen LogP contribution in [0, 0.1) is 0 Å². The molecule has 3 N–H and O–H groups in total. The van der Waals surface area contributed by atoms with Gasteiger partial charge in [0.1, 0.15) is 0 Å². The highest BCUT2D eigenvalue weighted by Gasteiger charge is 2.22. The van der Waals surface area contributed by atoms with E-state index >= 15 is 0 Å². The molecule has 0 aromatic heterocycles. The standard InChI is InChI=1S/C6H9FN2.2ClH/c7-6(5-8)3-1-2-4-9-6;;/h1-4,9H,5,8H2;2*1H. The summed E-state index contributed by atoms with van der Waals surface area (Å²) in [5.74, 6) is -1.52. The highest BCUT2D eigenvalue weighted by Crippen LogP contribution is 2.09. The van der Waals surface area contributed by atoms with Gasteiger partial charge in [-0.15, -0.1) is 24.8 Å². The van der Waals surface area contributed by atoms with Crippen molar-refractivity contribution in [3.05, 3.63) is 24.4 Å². The van der Waals surface area contributed by atoms with Gasteiger partial charge in [-0.2, -0.15) is 0 Å². The largest absolute Gasteiger partial charge is 0.355 e. The molecular formula is C6H11Cl2FN2. The minimum atomic E-state index is -1.52. The average Bonchev–Trinajstić information content (AvgIpc) is 1.90. The molecule has 1 rings (SSSR count). The normalized spacial score (nSPS) is 26.4. The topological polar surface area (TPSA) is 38.0 Å². The van der Waals surface area contributed by atoms with Crippen LogP contribution in [0.5, 0.6) is 0 Å². The summed E-state index contributed by atoms with van der Waals surface area (Å²) in [7, 11) is 0. The number of allylic oxidation sites excluding steroid dienone is 2. The fraction of sp³-hybridized carbons (Fsp3) is 0.333. The maximum absolute atomic E-state index is 12.9. The van der Waals surface area contributed by atoms with E-state index in [1.54, 1.807) is 12.2 Å². The summed E-state index contributed by atoms with van der Waals surface area (Å²) in [6.45, 7) is -0.0339. The molecule has 0 aromatic rings. The molecule has 5 heteroatoms. The zero-order valence-electron chi connectivity index (χ0n) is 5.79. The molecule has 2 nitrogen and oxygen atoms in total. The van der Waals surface area contributed by atoms with Gasteiger partial charge in [0.2, 0.25) is 5.79 Å². The number of rotatable bonds is 1. The van der Waals surface area contributed by atoms with Crippen molar-refractivity contribution in [1.82, 2.24) is 5.32 Å². The van der Waals surface area contributed by atoms with Crippen molar-refractivity contribution in [3.63, 3.8) is 0 Å². The summed E-state index contributed by atoms with van der Waals surface area (Å²) >= 11 is 0. The van der Waals surface area contributed by atoms with Gasteiger partial charge in [-0.3, -0.25) is 0 Å². The average molecular weight is 201 g/mol. The Morgan fingerprint density at radius 2 is 2.00 bits per heavy atom. The molecule has 1 aliphatic rings. The lowest BCUT2D eigenvalue weighted by Gasteiger charge is -2.21. The first-order chi connectivity index (χ1) is 4.27. The van der Waals surface area contributed by atoms with Gasteiger partial charge in [-0.25, -0.2) is 4.39 Å². The third-order valence-corrected chi connectivity index (χ3v) is 1.19. The van der Waals surface area contributed by atoms with Crippen molar-refractivity contribution in [2.75, 3.05) is 6.54 Å². The first-order valence-electron chi connectivity index (χ1n) is 2.78. The highest BCUT2D eigenvalue weighted by molar-refractivity contribution is 5.85. The van der Waals surface area contributed by atoms with E-state index < -0.39 is 5.79 Å². The molecule has 0 radical (unpaired) electrons. The summed E-state index contributed by atoms with van der Waals surface area (Å²) in [5, 5.41) is 2.49. The number of alkyl halides is 1. The Bertz CT molecular complexity index is 161. The fourth-order valence-electron chi connectivity index (χ4n) is 0.625. The highest BCUT2D eigenvalue weighted by atomic mass is 35.5. The molecule has 1 unspecified atom stereocenters. The van der Waals surface area contributed by atoms with Crippen LogP contribution in [-0.2, 0) is 0 Å². The van der Waals surface area contributed by atoms with Crippen LogP contribution in [-0.4, -0.2) is 12.3 Å². The first-order valence-corrected chi connectivity index (χ1v) is 2.78. The van der Waals surface area contributed by atoms with Crippen LogP contribution in [0.3, 0.4) is 0 Å². The second-order valence-corrected chi connectivity index (χ2v) is 1.93. The van der Waals surface area contributed by atoms with Crippen molar-refractivity contribution < 1.29 is 4.39 Å².